The van der Waals surface area contributed by atoms with Crippen LogP contribution >= 0.6 is 0 Å². The molecule has 2 saturated heterocycles. The Kier molecular flexibility index (Phi) is 5.45. The van der Waals surface area contributed by atoms with E-state index in [0.717, 1.165) is 32.6 Å². The topological polar surface area (TPSA) is 52.7 Å². The van der Waals surface area contributed by atoms with Crippen molar-refractivity contribution in [2.24, 2.45) is 0 Å². The maximum Gasteiger partial charge on any atom is 0.251 e. The van der Waals surface area contributed by atoms with E-state index >= 15 is 0 Å². The molecule has 24 heavy (non-hydrogen) atoms. The van der Waals surface area contributed by atoms with Crippen molar-refractivity contribution < 1.29 is 14.0 Å². The maximum atomic E-state index is 12.9. The number of carbonyl (C=O) groups excluding carboxylic acids is 2. The number of nitrogens with one attached hydrogen (secondary N) is 1. The molecule has 0 spiro atoms. The van der Waals surface area contributed by atoms with Crippen LogP contribution in [0.2, 0.25) is 0 Å². The molecule has 1 atom stereocenters. The molecule has 0 bridgehead atoms. The number of halogens is 1. The molecule has 2 heterocycles. The third-order valence-corrected chi connectivity index (χ3v) is 4.89. The lowest BCUT2D eigenvalue weighted by atomic mass is 10.2. The van der Waals surface area contributed by atoms with Crippen molar-refractivity contribution in [1.82, 2.24) is 15.1 Å². The zero-order chi connectivity index (χ0) is 16.9. The van der Waals surface area contributed by atoms with Crippen molar-refractivity contribution in [3.8, 4) is 0 Å². The Morgan fingerprint density at radius 3 is 2.67 bits per heavy atom. The van der Waals surface area contributed by atoms with E-state index in [1.807, 2.05) is 4.90 Å². The smallest absolute Gasteiger partial charge is 0.251 e. The van der Waals surface area contributed by atoms with Gasteiger partial charge in [0, 0.05) is 44.2 Å². The third kappa shape index (κ3) is 4.12. The maximum absolute atomic E-state index is 12.9. The summed E-state index contributed by atoms with van der Waals surface area (Å²) in [5.41, 5.74) is 0.403. The molecular formula is C18H24FN3O2. The van der Waals surface area contributed by atoms with Crippen LogP contribution in [-0.2, 0) is 4.79 Å². The van der Waals surface area contributed by atoms with Crippen LogP contribution in [0.1, 0.15) is 36.0 Å². The van der Waals surface area contributed by atoms with E-state index in [9.17, 15) is 14.0 Å². The second kappa shape index (κ2) is 7.75. The van der Waals surface area contributed by atoms with Crippen LogP contribution in [-0.4, -0.2) is 60.4 Å². The van der Waals surface area contributed by atoms with Gasteiger partial charge in [-0.1, -0.05) is 0 Å². The molecule has 1 N–H and O–H groups in total. The van der Waals surface area contributed by atoms with Gasteiger partial charge in [0.1, 0.15) is 5.82 Å². The van der Waals surface area contributed by atoms with Crippen LogP contribution in [0.15, 0.2) is 24.3 Å². The molecule has 0 aromatic heterocycles. The number of nitrogens with zero attached hydrogens (tertiary/aromatic N) is 2. The van der Waals surface area contributed by atoms with Gasteiger partial charge in [-0.25, -0.2) is 4.39 Å². The summed E-state index contributed by atoms with van der Waals surface area (Å²) in [7, 11) is 0. The predicted octanol–water partition coefficient (Wildman–Crippen LogP) is 1.64. The Labute approximate surface area is 141 Å². The Hall–Kier alpha value is -1.95. The molecule has 2 aliphatic heterocycles. The molecule has 6 heteroatoms. The highest BCUT2D eigenvalue weighted by Crippen LogP contribution is 2.21. The fourth-order valence-corrected chi connectivity index (χ4v) is 3.58. The quantitative estimate of drug-likeness (QED) is 0.911. The van der Waals surface area contributed by atoms with Crippen molar-refractivity contribution in [3.05, 3.63) is 35.6 Å². The monoisotopic (exact) mass is 333 g/mol. The zero-order valence-electron chi connectivity index (χ0n) is 13.8. The summed E-state index contributed by atoms with van der Waals surface area (Å²) >= 11 is 0. The van der Waals surface area contributed by atoms with Gasteiger partial charge in [-0.05, 0) is 50.1 Å². The molecule has 2 aliphatic rings. The molecular weight excluding hydrogens is 309 g/mol. The minimum atomic E-state index is -0.371. The first-order valence-electron chi connectivity index (χ1n) is 8.69. The zero-order valence-corrected chi connectivity index (χ0v) is 13.8. The molecule has 0 radical (unpaired) electrons. The largest absolute Gasteiger partial charge is 0.352 e. The highest BCUT2D eigenvalue weighted by atomic mass is 19.1. The lowest BCUT2D eigenvalue weighted by molar-refractivity contribution is -0.131. The Morgan fingerprint density at radius 2 is 1.88 bits per heavy atom. The summed E-state index contributed by atoms with van der Waals surface area (Å²) in [5.74, 6) is -0.548. The summed E-state index contributed by atoms with van der Waals surface area (Å²) < 4.78 is 12.9. The fourth-order valence-electron chi connectivity index (χ4n) is 3.58. The fraction of sp³-hybridized carbons (Fsp3) is 0.556. The SMILES string of the molecule is O=C(NCCC(=O)N1CCCN2CCCC2C1)c1ccc(F)cc1. The van der Waals surface area contributed by atoms with Crippen molar-refractivity contribution in [1.29, 1.82) is 0 Å². The summed E-state index contributed by atoms with van der Waals surface area (Å²) in [6.45, 7) is 4.15. The summed E-state index contributed by atoms with van der Waals surface area (Å²) in [5, 5.41) is 2.73. The van der Waals surface area contributed by atoms with Crippen molar-refractivity contribution >= 4 is 11.8 Å². The Balaban J connectivity index is 1.45. The first-order chi connectivity index (χ1) is 11.6. The highest BCUT2D eigenvalue weighted by Gasteiger charge is 2.30. The highest BCUT2D eigenvalue weighted by molar-refractivity contribution is 5.94. The number of carbonyl (C=O) groups is 2. The predicted molar refractivity (Wildman–Crippen MR) is 89.1 cm³/mol. The number of rotatable bonds is 4. The number of benzene rings is 1. The molecule has 1 aromatic rings. The first kappa shape index (κ1) is 16.9. The van der Waals surface area contributed by atoms with Crippen molar-refractivity contribution in [2.75, 3.05) is 32.7 Å². The Morgan fingerprint density at radius 1 is 1.12 bits per heavy atom. The van der Waals surface area contributed by atoms with Gasteiger partial charge in [-0.3, -0.25) is 14.5 Å². The van der Waals surface area contributed by atoms with Crippen molar-refractivity contribution in [3.63, 3.8) is 0 Å². The lowest BCUT2D eigenvalue weighted by Crippen LogP contribution is -2.40. The minimum absolute atomic E-state index is 0.100. The van der Waals surface area contributed by atoms with Crippen LogP contribution in [0.3, 0.4) is 0 Å². The van der Waals surface area contributed by atoms with E-state index in [4.69, 9.17) is 0 Å². The van der Waals surface area contributed by atoms with E-state index in [2.05, 4.69) is 10.2 Å². The van der Waals surface area contributed by atoms with Crippen LogP contribution in [0.5, 0.6) is 0 Å². The van der Waals surface area contributed by atoms with E-state index in [0.29, 0.717) is 24.6 Å². The van der Waals surface area contributed by atoms with Gasteiger partial charge in [0.2, 0.25) is 5.91 Å². The molecule has 1 aromatic carbocycles. The van der Waals surface area contributed by atoms with E-state index in [1.165, 1.54) is 37.1 Å². The van der Waals surface area contributed by atoms with Crippen molar-refractivity contribution in [2.45, 2.75) is 31.7 Å². The van der Waals surface area contributed by atoms with Crippen LogP contribution in [0.4, 0.5) is 4.39 Å². The molecule has 3 rings (SSSR count). The average molecular weight is 333 g/mol. The second-order valence-corrected chi connectivity index (χ2v) is 6.54. The lowest BCUT2D eigenvalue weighted by Gasteiger charge is -2.25. The molecule has 1 unspecified atom stereocenters. The van der Waals surface area contributed by atoms with Gasteiger partial charge in [0.15, 0.2) is 0 Å². The van der Waals surface area contributed by atoms with E-state index < -0.39 is 0 Å². The molecule has 130 valence electrons. The average Bonchev–Trinajstić information content (AvgIpc) is 2.92. The number of hydrogen-bond donors (Lipinski definition) is 1. The van der Waals surface area contributed by atoms with Gasteiger partial charge in [0.25, 0.3) is 5.91 Å². The molecule has 2 fully saturated rings. The van der Waals surface area contributed by atoms with Gasteiger partial charge in [-0.2, -0.15) is 0 Å². The van der Waals surface area contributed by atoms with Gasteiger partial charge in [-0.15, -0.1) is 0 Å². The second-order valence-electron chi connectivity index (χ2n) is 6.54. The molecule has 0 saturated carbocycles. The van der Waals surface area contributed by atoms with E-state index in [-0.39, 0.29) is 17.6 Å². The van der Waals surface area contributed by atoms with E-state index in [1.54, 1.807) is 0 Å². The summed E-state index contributed by atoms with van der Waals surface area (Å²) in [4.78, 5) is 28.8. The molecule has 2 amide bonds. The van der Waals surface area contributed by atoms with Gasteiger partial charge in [0.05, 0.1) is 0 Å². The van der Waals surface area contributed by atoms with Gasteiger partial charge < -0.3 is 10.2 Å². The normalized spacial score (nSPS) is 21.2. The first-order valence-corrected chi connectivity index (χ1v) is 8.69. The van der Waals surface area contributed by atoms with Crippen LogP contribution < -0.4 is 5.32 Å². The molecule has 5 nitrogen and oxygen atoms in total. The minimum Gasteiger partial charge on any atom is -0.352 e. The number of hydrogen-bond acceptors (Lipinski definition) is 3. The van der Waals surface area contributed by atoms with Crippen LogP contribution in [0.25, 0.3) is 0 Å². The summed E-state index contributed by atoms with van der Waals surface area (Å²) in [6, 6.07) is 5.89. The van der Waals surface area contributed by atoms with Gasteiger partial charge >= 0.3 is 0 Å². The number of fused-ring (bicyclic) bond motifs is 1. The molecule has 0 aliphatic carbocycles. The van der Waals surface area contributed by atoms with Crippen LogP contribution in [0, 0.1) is 5.82 Å². The third-order valence-electron chi connectivity index (χ3n) is 4.89. The summed E-state index contributed by atoms with van der Waals surface area (Å²) in [6.07, 6.45) is 3.72. The standard InChI is InChI=1S/C18H24FN3O2/c19-15-6-4-14(5-7-15)18(24)20-9-8-17(23)22-12-2-11-21-10-1-3-16(21)13-22/h4-7,16H,1-3,8-13H2,(H,20,24). The Bertz CT molecular complexity index is 590. The number of amides is 2.